The van der Waals surface area contributed by atoms with E-state index in [-0.39, 0.29) is 11.3 Å². The Bertz CT molecular complexity index is 911. The molecule has 4 heteroatoms. The number of nitrogens with zero attached hydrogens (tertiary/aromatic N) is 1. The molecule has 22 heavy (non-hydrogen) atoms. The molecule has 0 aliphatic rings. The number of rotatable bonds is 3. The van der Waals surface area contributed by atoms with Crippen molar-refractivity contribution in [1.82, 2.24) is 4.57 Å². The average molecular weight is 356 g/mol. The Hall–Kier alpha value is -2.20. The number of aryl methyl sites for hydroxylation is 1. The Labute approximate surface area is 136 Å². The Morgan fingerprint density at radius 2 is 1.77 bits per heavy atom. The van der Waals surface area contributed by atoms with Crippen LogP contribution in [-0.4, -0.2) is 15.7 Å². The third-order valence-corrected chi connectivity index (χ3v) is 4.28. The van der Waals surface area contributed by atoms with Crippen LogP contribution in [0.5, 0.6) is 0 Å². The summed E-state index contributed by atoms with van der Waals surface area (Å²) in [5.41, 5.74) is 2.95. The molecule has 0 radical (unpaired) electrons. The van der Waals surface area contributed by atoms with Gasteiger partial charge < -0.3 is 4.57 Å². The number of pyridine rings is 1. The van der Waals surface area contributed by atoms with Crippen LogP contribution in [0.2, 0.25) is 0 Å². The number of benzene rings is 2. The number of Topliss-reactive ketones (excluding diaryl/α,β-unsaturated/α-hetero) is 1. The molecular formula is C18H14BrNO2. The van der Waals surface area contributed by atoms with E-state index < -0.39 is 0 Å². The maximum absolute atomic E-state index is 12.5. The van der Waals surface area contributed by atoms with E-state index in [1.165, 1.54) is 0 Å². The van der Waals surface area contributed by atoms with Crippen molar-refractivity contribution in [3.63, 3.8) is 0 Å². The second kappa shape index (κ2) is 5.89. The number of para-hydroxylation sites is 1. The maximum Gasteiger partial charge on any atom is 0.258 e. The highest BCUT2D eigenvalue weighted by molar-refractivity contribution is 9.09. The third-order valence-electron chi connectivity index (χ3n) is 3.77. The second-order valence-corrected chi connectivity index (χ2v) is 5.68. The summed E-state index contributed by atoms with van der Waals surface area (Å²) < 4.78 is 1.65. The molecule has 2 aromatic carbocycles. The summed E-state index contributed by atoms with van der Waals surface area (Å²) in [6, 6.07) is 16.8. The van der Waals surface area contributed by atoms with Gasteiger partial charge in [-0.2, -0.15) is 0 Å². The lowest BCUT2D eigenvalue weighted by molar-refractivity contribution is 0.102. The zero-order chi connectivity index (χ0) is 15.7. The molecule has 1 aromatic heterocycles. The minimum absolute atomic E-state index is 0.0259. The van der Waals surface area contributed by atoms with Crippen LogP contribution in [0.15, 0.2) is 59.4 Å². The Morgan fingerprint density at radius 1 is 1.09 bits per heavy atom. The van der Waals surface area contributed by atoms with Crippen LogP contribution in [0.4, 0.5) is 0 Å². The summed E-state index contributed by atoms with van der Waals surface area (Å²) in [4.78, 5) is 24.2. The summed E-state index contributed by atoms with van der Waals surface area (Å²) in [7, 11) is 1.77. The Morgan fingerprint density at radius 3 is 2.45 bits per heavy atom. The van der Waals surface area contributed by atoms with Crippen molar-refractivity contribution in [2.24, 2.45) is 7.05 Å². The lowest BCUT2D eigenvalue weighted by Gasteiger charge is -2.09. The van der Waals surface area contributed by atoms with Crippen molar-refractivity contribution in [2.45, 2.75) is 0 Å². The monoisotopic (exact) mass is 355 g/mol. The van der Waals surface area contributed by atoms with E-state index in [2.05, 4.69) is 15.9 Å². The first-order valence-electron chi connectivity index (χ1n) is 6.90. The molecule has 3 rings (SSSR count). The van der Waals surface area contributed by atoms with Gasteiger partial charge in [-0.3, -0.25) is 9.59 Å². The van der Waals surface area contributed by atoms with Gasteiger partial charge in [0.2, 0.25) is 0 Å². The van der Waals surface area contributed by atoms with Crippen molar-refractivity contribution in [1.29, 1.82) is 0 Å². The van der Waals surface area contributed by atoms with E-state index in [0.717, 1.165) is 16.5 Å². The minimum atomic E-state index is -0.0433. The van der Waals surface area contributed by atoms with E-state index in [4.69, 9.17) is 0 Å². The van der Waals surface area contributed by atoms with Gasteiger partial charge in [0.25, 0.3) is 5.56 Å². The number of ketones is 1. The zero-order valence-corrected chi connectivity index (χ0v) is 13.6. The normalized spacial score (nSPS) is 10.8. The summed E-state index contributed by atoms with van der Waals surface area (Å²) in [5, 5.41) is 1.31. The molecule has 3 nitrogen and oxygen atoms in total. The lowest BCUT2D eigenvalue weighted by atomic mass is 10.0. The van der Waals surface area contributed by atoms with Gasteiger partial charge in [0.1, 0.15) is 0 Å². The van der Waals surface area contributed by atoms with Gasteiger partial charge in [-0.15, -0.1) is 0 Å². The third kappa shape index (κ3) is 2.50. The lowest BCUT2D eigenvalue weighted by Crippen LogP contribution is -2.18. The van der Waals surface area contributed by atoms with Crippen molar-refractivity contribution in [3.8, 4) is 11.1 Å². The van der Waals surface area contributed by atoms with Crippen LogP contribution < -0.4 is 5.56 Å². The highest BCUT2D eigenvalue weighted by Gasteiger charge is 2.10. The first-order valence-corrected chi connectivity index (χ1v) is 8.02. The van der Waals surface area contributed by atoms with Crippen LogP contribution in [0.25, 0.3) is 22.0 Å². The minimum Gasteiger partial charge on any atom is -0.311 e. The van der Waals surface area contributed by atoms with Gasteiger partial charge in [-0.1, -0.05) is 58.4 Å². The van der Waals surface area contributed by atoms with Crippen LogP contribution in [0, 0.1) is 0 Å². The van der Waals surface area contributed by atoms with Gasteiger partial charge in [0.05, 0.1) is 10.8 Å². The van der Waals surface area contributed by atoms with Crippen molar-refractivity contribution >= 4 is 32.6 Å². The fourth-order valence-electron chi connectivity index (χ4n) is 2.54. The zero-order valence-electron chi connectivity index (χ0n) is 12.0. The SMILES string of the molecule is Cn1c(=O)c(-c2ccc(C(=O)CBr)cc2)cc2ccccc21. The average Bonchev–Trinajstić information content (AvgIpc) is 2.57. The number of carbonyl (C=O) groups excluding carboxylic acids is 1. The van der Waals surface area contributed by atoms with E-state index in [0.29, 0.717) is 16.5 Å². The number of hydrogen-bond donors (Lipinski definition) is 0. The molecule has 110 valence electrons. The molecule has 0 unspecified atom stereocenters. The van der Waals surface area contributed by atoms with Crippen LogP contribution in [0.1, 0.15) is 10.4 Å². The second-order valence-electron chi connectivity index (χ2n) is 5.12. The summed E-state index contributed by atoms with van der Waals surface area (Å²) in [5.74, 6) is 0.0259. The van der Waals surface area contributed by atoms with E-state index >= 15 is 0 Å². The predicted octanol–water partition coefficient (Wildman–Crippen LogP) is 3.78. The highest BCUT2D eigenvalue weighted by atomic mass is 79.9. The molecule has 0 saturated carbocycles. The molecule has 0 spiro atoms. The van der Waals surface area contributed by atoms with Gasteiger partial charge in [-0.05, 0) is 23.1 Å². The molecule has 0 saturated heterocycles. The molecular weight excluding hydrogens is 342 g/mol. The molecule has 0 aliphatic carbocycles. The van der Waals surface area contributed by atoms with Crippen molar-refractivity contribution in [2.75, 3.05) is 5.33 Å². The molecule has 0 amide bonds. The van der Waals surface area contributed by atoms with Gasteiger partial charge in [0.15, 0.2) is 5.78 Å². The number of alkyl halides is 1. The number of fused-ring (bicyclic) bond motifs is 1. The number of halogens is 1. The van der Waals surface area contributed by atoms with Gasteiger partial charge >= 0.3 is 0 Å². The molecule has 0 atom stereocenters. The molecule has 3 aromatic rings. The Kier molecular flexibility index (Phi) is 3.94. The molecule has 0 bridgehead atoms. The first kappa shape index (κ1) is 14.7. The molecule has 1 heterocycles. The van der Waals surface area contributed by atoms with E-state index in [9.17, 15) is 9.59 Å². The summed E-state index contributed by atoms with van der Waals surface area (Å²) >= 11 is 3.16. The molecule has 0 fully saturated rings. The highest BCUT2D eigenvalue weighted by Crippen LogP contribution is 2.21. The standard InChI is InChI=1S/C18H14BrNO2/c1-20-16-5-3-2-4-14(16)10-15(18(20)22)12-6-8-13(9-7-12)17(21)11-19/h2-10H,11H2,1H3. The van der Waals surface area contributed by atoms with E-state index in [1.54, 1.807) is 23.7 Å². The van der Waals surface area contributed by atoms with Gasteiger partial charge in [-0.25, -0.2) is 0 Å². The fourth-order valence-corrected chi connectivity index (χ4v) is 2.87. The number of aromatic nitrogens is 1. The smallest absolute Gasteiger partial charge is 0.258 e. The van der Waals surface area contributed by atoms with E-state index in [1.807, 2.05) is 42.5 Å². The van der Waals surface area contributed by atoms with Crippen LogP contribution in [0.3, 0.4) is 0 Å². The largest absolute Gasteiger partial charge is 0.311 e. The van der Waals surface area contributed by atoms with Gasteiger partial charge in [0, 0.05) is 18.2 Å². The number of carbonyl (C=O) groups is 1. The Balaban J connectivity index is 2.16. The first-order chi connectivity index (χ1) is 10.6. The maximum atomic E-state index is 12.5. The van der Waals surface area contributed by atoms with Crippen LogP contribution >= 0.6 is 15.9 Å². The predicted molar refractivity (Wildman–Crippen MR) is 92.7 cm³/mol. The summed E-state index contributed by atoms with van der Waals surface area (Å²) in [6.45, 7) is 0. The quantitative estimate of drug-likeness (QED) is 0.529. The molecule has 0 N–H and O–H groups in total. The fraction of sp³-hybridized carbons (Fsp3) is 0.111. The molecule has 0 aliphatic heterocycles. The van der Waals surface area contributed by atoms with Crippen molar-refractivity contribution < 1.29 is 4.79 Å². The topological polar surface area (TPSA) is 39.1 Å². The summed E-state index contributed by atoms with van der Waals surface area (Å²) in [6.07, 6.45) is 0. The number of hydrogen-bond acceptors (Lipinski definition) is 2. The van der Waals surface area contributed by atoms with Crippen molar-refractivity contribution in [3.05, 3.63) is 70.5 Å². The van der Waals surface area contributed by atoms with Crippen LogP contribution in [-0.2, 0) is 7.05 Å².